The van der Waals surface area contributed by atoms with Gasteiger partial charge in [-0.05, 0) is 52.5 Å². The van der Waals surface area contributed by atoms with Gasteiger partial charge in [-0.2, -0.15) is 0 Å². The largest absolute Gasteiger partial charge is 0.382 e. The molecular weight excluding hydrogens is 202 g/mol. The molecule has 0 aromatic carbocycles. The minimum Gasteiger partial charge on any atom is -0.382 e. The van der Waals surface area contributed by atoms with Gasteiger partial charge in [0.05, 0.1) is 6.10 Å². The summed E-state index contributed by atoms with van der Waals surface area (Å²) in [6, 6.07) is 0.579. The number of ether oxygens (including phenoxy) is 2. The zero-order valence-corrected chi connectivity index (χ0v) is 10.8. The SMILES string of the molecule is CCOCCCCNC(C)CC1CCCO1. The van der Waals surface area contributed by atoms with Crippen molar-refractivity contribution in [1.29, 1.82) is 0 Å². The summed E-state index contributed by atoms with van der Waals surface area (Å²) in [7, 11) is 0. The molecule has 0 aromatic heterocycles. The molecule has 3 nitrogen and oxygen atoms in total. The third-order valence-corrected chi connectivity index (χ3v) is 3.05. The highest BCUT2D eigenvalue weighted by molar-refractivity contribution is 4.71. The first-order valence-electron chi connectivity index (χ1n) is 6.75. The predicted molar refractivity (Wildman–Crippen MR) is 66.8 cm³/mol. The first kappa shape index (κ1) is 13.9. The molecule has 0 spiro atoms. The van der Waals surface area contributed by atoms with E-state index in [0.717, 1.165) is 39.2 Å². The smallest absolute Gasteiger partial charge is 0.0590 e. The highest BCUT2D eigenvalue weighted by atomic mass is 16.5. The molecule has 0 aliphatic carbocycles. The molecule has 3 heteroatoms. The van der Waals surface area contributed by atoms with E-state index in [1.165, 1.54) is 19.3 Å². The van der Waals surface area contributed by atoms with Crippen molar-refractivity contribution in [2.45, 2.75) is 58.1 Å². The quantitative estimate of drug-likeness (QED) is 0.616. The molecule has 1 fully saturated rings. The topological polar surface area (TPSA) is 30.5 Å². The van der Waals surface area contributed by atoms with Gasteiger partial charge in [-0.25, -0.2) is 0 Å². The first-order chi connectivity index (χ1) is 7.83. The van der Waals surface area contributed by atoms with Gasteiger partial charge in [0.25, 0.3) is 0 Å². The molecule has 1 aliphatic heterocycles. The number of unbranched alkanes of at least 4 members (excludes halogenated alkanes) is 1. The Morgan fingerprint density at radius 3 is 3.00 bits per heavy atom. The monoisotopic (exact) mass is 229 g/mol. The van der Waals surface area contributed by atoms with Crippen LogP contribution in [0.5, 0.6) is 0 Å². The van der Waals surface area contributed by atoms with Crippen LogP contribution in [-0.2, 0) is 9.47 Å². The minimum atomic E-state index is 0.505. The van der Waals surface area contributed by atoms with Gasteiger partial charge in [0.1, 0.15) is 0 Å². The number of hydrogen-bond donors (Lipinski definition) is 1. The molecule has 1 aliphatic rings. The second-order valence-electron chi connectivity index (χ2n) is 4.63. The Morgan fingerprint density at radius 2 is 2.31 bits per heavy atom. The molecule has 0 aromatic rings. The van der Waals surface area contributed by atoms with Gasteiger partial charge in [0.2, 0.25) is 0 Å². The summed E-state index contributed by atoms with van der Waals surface area (Å²) in [5.41, 5.74) is 0. The average molecular weight is 229 g/mol. The predicted octanol–water partition coefficient (Wildman–Crippen LogP) is 2.35. The molecule has 0 radical (unpaired) electrons. The Labute approximate surface area is 99.9 Å². The first-order valence-corrected chi connectivity index (χ1v) is 6.75. The Kier molecular flexibility index (Phi) is 7.81. The summed E-state index contributed by atoms with van der Waals surface area (Å²) in [6.45, 7) is 8.10. The van der Waals surface area contributed by atoms with Crippen molar-refractivity contribution in [2.24, 2.45) is 0 Å². The molecule has 0 saturated carbocycles. The summed E-state index contributed by atoms with van der Waals surface area (Å²) in [5, 5.41) is 3.55. The van der Waals surface area contributed by atoms with Gasteiger partial charge < -0.3 is 14.8 Å². The summed E-state index contributed by atoms with van der Waals surface area (Å²) in [4.78, 5) is 0. The fourth-order valence-corrected chi connectivity index (χ4v) is 2.13. The number of nitrogens with one attached hydrogen (secondary N) is 1. The molecule has 1 heterocycles. The maximum atomic E-state index is 5.62. The average Bonchev–Trinajstić information content (AvgIpc) is 2.76. The van der Waals surface area contributed by atoms with Crippen molar-refractivity contribution in [3.05, 3.63) is 0 Å². The van der Waals surface area contributed by atoms with Crippen molar-refractivity contribution < 1.29 is 9.47 Å². The van der Waals surface area contributed by atoms with Crippen molar-refractivity contribution in [3.63, 3.8) is 0 Å². The Morgan fingerprint density at radius 1 is 1.44 bits per heavy atom. The van der Waals surface area contributed by atoms with E-state index >= 15 is 0 Å². The van der Waals surface area contributed by atoms with Crippen LogP contribution in [0.15, 0.2) is 0 Å². The Bertz CT molecular complexity index is 158. The van der Waals surface area contributed by atoms with Crippen LogP contribution in [-0.4, -0.2) is 38.5 Å². The van der Waals surface area contributed by atoms with E-state index in [-0.39, 0.29) is 0 Å². The summed E-state index contributed by atoms with van der Waals surface area (Å²) in [6.07, 6.45) is 6.52. The lowest BCUT2D eigenvalue weighted by molar-refractivity contribution is 0.0960. The van der Waals surface area contributed by atoms with Gasteiger partial charge in [0, 0.05) is 25.9 Å². The van der Waals surface area contributed by atoms with E-state index < -0.39 is 0 Å². The van der Waals surface area contributed by atoms with Crippen LogP contribution < -0.4 is 5.32 Å². The lowest BCUT2D eigenvalue weighted by Crippen LogP contribution is -2.30. The lowest BCUT2D eigenvalue weighted by atomic mass is 10.1. The molecule has 1 rings (SSSR count). The minimum absolute atomic E-state index is 0.505. The zero-order chi connectivity index (χ0) is 11.6. The van der Waals surface area contributed by atoms with Crippen molar-refractivity contribution in [2.75, 3.05) is 26.4 Å². The number of rotatable bonds is 9. The van der Waals surface area contributed by atoms with Crippen LogP contribution in [0.3, 0.4) is 0 Å². The second kappa shape index (κ2) is 8.97. The molecule has 16 heavy (non-hydrogen) atoms. The van der Waals surface area contributed by atoms with Crippen LogP contribution in [0.4, 0.5) is 0 Å². The number of hydrogen-bond acceptors (Lipinski definition) is 3. The van der Waals surface area contributed by atoms with Crippen LogP contribution >= 0.6 is 0 Å². The molecule has 2 unspecified atom stereocenters. The maximum Gasteiger partial charge on any atom is 0.0590 e. The maximum absolute atomic E-state index is 5.62. The lowest BCUT2D eigenvalue weighted by Gasteiger charge is -2.17. The molecule has 1 saturated heterocycles. The molecule has 2 atom stereocenters. The van der Waals surface area contributed by atoms with E-state index in [0.29, 0.717) is 12.1 Å². The Balaban J connectivity index is 1.87. The highest BCUT2D eigenvalue weighted by Gasteiger charge is 2.17. The molecule has 0 amide bonds. The highest BCUT2D eigenvalue weighted by Crippen LogP contribution is 2.16. The van der Waals surface area contributed by atoms with E-state index in [1.807, 2.05) is 6.92 Å². The van der Waals surface area contributed by atoms with Gasteiger partial charge in [-0.1, -0.05) is 0 Å². The van der Waals surface area contributed by atoms with Crippen LogP contribution in [0, 0.1) is 0 Å². The van der Waals surface area contributed by atoms with Gasteiger partial charge in [0.15, 0.2) is 0 Å². The normalized spacial score (nSPS) is 22.5. The summed E-state index contributed by atoms with van der Waals surface area (Å²) >= 11 is 0. The van der Waals surface area contributed by atoms with Crippen LogP contribution in [0.25, 0.3) is 0 Å². The summed E-state index contributed by atoms with van der Waals surface area (Å²) in [5.74, 6) is 0. The molecule has 0 bridgehead atoms. The molecular formula is C13H27NO2. The zero-order valence-electron chi connectivity index (χ0n) is 10.8. The molecule has 1 N–H and O–H groups in total. The fourth-order valence-electron chi connectivity index (χ4n) is 2.13. The third-order valence-electron chi connectivity index (χ3n) is 3.05. The van der Waals surface area contributed by atoms with Crippen LogP contribution in [0.2, 0.25) is 0 Å². The Hall–Kier alpha value is -0.120. The standard InChI is InChI=1S/C13H27NO2/c1-3-15-9-5-4-8-14-12(2)11-13-7-6-10-16-13/h12-14H,3-11H2,1-2H3. The van der Waals surface area contributed by atoms with E-state index in [9.17, 15) is 0 Å². The van der Waals surface area contributed by atoms with E-state index in [2.05, 4.69) is 12.2 Å². The van der Waals surface area contributed by atoms with E-state index in [4.69, 9.17) is 9.47 Å². The third kappa shape index (κ3) is 6.46. The van der Waals surface area contributed by atoms with Gasteiger partial charge in [-0.15, -0.1) is 0 Å². The van der Waals surface area contributed by atoms with Crippen molar-refractivity contribution in [3.8, 4) is 0 Å². The van der Waals surface area contributed by atoms with E-state index in [1.54, 1.807) is 0 Å². The van der Waals surface area contributed by atoms with Crippen LogP contribution in [0.1, 0.15) is 46.0 Å². The molecule has 96 valence electrons. The van der Waals surface area contributed by atoms with Gasteiger partial charge >= 0.3 is 0 Å². The van der Waals surface area contributed by atoms with Crippen molar-refractivity contribution >= 4 is 0 Å². The second-order valence-corrected chi connectivity index (χ2v) is 4.63. The van der Waals surface area contributed by atoms with Gasteiger partial charge in [-0.3, -0.25) is 0 Å². The summed E-state index contributed by atoms with van der Waals surface area (Å²) < 4.78 is 10.9. The van der Waals surface area contributed by atoms with Crippen molar-refractivity contribution in [1.82, 2.24) is 5.32 Å². The fraction of sp³-hybridized carbons (Fsp3) is 1.00.